The lowest BCUT2D eigenvalue weighted by Crippen LogP contribution is -2.10. The molecule has 0 saturated carbocycles. The second-order valence-corrected chi connectivity index (χ2v) is 16.3. The Balaban J connectivity index is 1.19. The van der Waals surface area contributed by atoms with E-state index in [-0.39, 0.29) is 0 Å². The molecule has 11 rings (SSSR count). The fourth-order valence-electron chi connectivity index (χ4n) is 7.89. The summed E-state index contributed by atoms with van der Waals surface area (Å²) < 4.78 is 7.97. The van der Waals surface area contributed by atoms with Gasteiger partial charge >= 0.3 is 0 Å². The number of hydrogen-bond acceptors (Lipinski definition) is 4. The summed E-state index contributed by atoms with van der Waals surface area (Å²) in [5, 5.41) is 7.94. The van der Waals surface area contributed by atoms with E-state index in [2.05, 4.69) is 181 Å². The summed E-state index contributed by atoms with van der Waals surface area (Å²) in [6, 6.07) is 64.5. The fourth-order valence-corrected chi connectivity index (χ4v) is 11.8. The lowest BCUT2D eigenvalue weighted by atomic mass is 10.0. The van der Waals surface area contributed by atoms with Crippen LogP contribution in [-0.2, 0) is 0 Å². The molecule has 244 valence electrons. The van der Waals surface area contributed by atoms with Crippen molar-refractivity contribution < 1.29 is 0 Å². The molecule has 0 spiro atoms. The highest BCUT2D eigenvalue weighted by molar-refractivity contribution is 7.30. The summed E-state index contributed by atoms with van der Waals surface area (Å²) in [5.41, 5.74) is 8.50. The Morgan fingerprint density at radius 2 is 0.846 bits per heavy atom. The van der Waals surface area contributed by atoms with E-state index >= 15 is 0 Å². The van der Waals surface area contributed by atoms with Gasteiger partial charge in [0.15, 0.2) is 0 Å². The molecule has 52 heavy (non-hydrogen) atoms. The van der Waals surface area contributed by atoms with Crippen LogP contribution in [0.4, 0.5) is 17.1 Å². The van der Waals surface area contributed by atoms with Crippen LogP contribution in [0.25, 0.3) is 82.8 Å². The molecule has 0 aliphatic carbocycles. The Hall–Kier alpha value is -5.78. The van der Waals surface area contributed by atoms with Crippen molar-refractivity contribution in [1.82, 2.24) is 0 Å². The van der Waals surface area contributed by atoms with Crippen LogP contribution < -0.4 is 4.90 Å². The second kappa shape index (κ2) is 11.9. The minimum absolute atomic E-state index is 1.14. The minimum Gasteiger partial charge on any atom is -0.308 e. The zero-order valence-electron chi connectivity index (χ0n) is 27.9. The Morgan fingerprint density at radius 1 is 0.308 bits per heavy atom. The third-order valence-corrected chi connectivity index (χ3v) is 14.0. The predicted molar refractivity (Wildman–Crippen MR) is 231 cm³/mol. The van der Waals surface area contributed by atoms with Gasteiger partial charge in [-0.1, -0.05) is 140 Å². The quantitative estimate of drug-likeness (QED) is 0.171. The first-order valence-electron chi connectivity index (χ1n) is 17.5. The molecule has 0 aliphatic rings. The maximum atomic E-state index is 2.51. The van der Waals surface area contributed by atoms with Crippen LogP contribution in [0.2, 0.25) is 0 Å². The topological polar surface area (TPSA) is 3.24 Å². The molecule has 0 radical (unpaired) electrons. The zero-order valence-corrected chi connectivity index (χ0v) is 30.4. The number of thiophene rings is 3. The molecule has 4 heteroatoms. The van der Waals surface area contributed by atoms with E-state index in [4.69, 9.17) is 0 Å². The lowest BCUT2D eigenvalue weighted by molar-refractivity contribution is 1.32. The molecule has 3 heterocycles. The summed E-state index contributed by atoms with van der Waals surface area (Å²) in [7, 11) is 0. The molecule has 0 bridgehead atoms. The van der Waals surface area contributed by atoms with Crippen LogP contribution in [0, 0.1) is 0 Å². The number of fused-ring (bicyclic) bond motifs is 10. The molecular formula is C48H29NS3. The number of benzene rings is 8. The van der Waals surface area contributed by atoms with E-state index in [1.807, 2.05) is 34.0 Å². The first-order chi connectivity index (χ1) is 25.8. The Bertz CT molecular complexity index is 3110. The third-order valence-electron chi connectivity index (χ3n) is 10.3. The van der Waals surface area contributed by atoms with Crippen molar-refractivity contribution in [3.05, 3.63) is 176 Å². The highest BCUT2D eigenvalue weighted by atomic mass is 32.1. The predicted octanol–water partition coefficient (Wildman–Crippen LogP) is 15.6. The summed E-state index contributed by atoms with van der Waals surface area (Å²) in [6.45, 7) is 0. The van der Waals surface area contributed by atoms with Gasteiger partial charge in [0, 0.05) is 56.8 Å². The standard InChI is InChI=1S/C48H29NS3/c1-3-12-30(13-4-1)31-24-26-33(27-25-31)49(40-21-10-19-36-35-18-9-17-34(45(35)51-46(36)40)32-14-5-2-6-15-32)41-22-11-20-37-38-28-29-43-44(48(38)52-47(37)41)39-16-7-8-23-42(39)50-43/h1-29H. The van der Waals surface area contributed by atoms with Crippen LogP contribution in [0.3, 0.4) is 0 Å². The van der Waals surface area contributed by atoms with Gasteiger partial charge in [0.25, 0.3) is 0 Å². The lowest BCUT2D eigenvalue weighted by Gasteiger charge is -2.27. The molecule has 0 saturated heterocycles. The minimum atomic E-state index is 1.14. The molecule has 0 fully saturated rings. The van der Waals surface area contributed by atoms with E-state index in [1.165, 1.54) is 94.1 Å². The highest BCUT2D eigenvalue weighted by Gasteiger charge is 2.23. The van der Waals surface area contributed by atoms with Gasteiger partial charge in [-0.25, -0.2) is 0 Å². The van der Waals surface area contributed by atoms with E-state index in [9.17, 15) is 0 Å². The first kappa shape index (κ1) is 29.9. The largest absolute Gasteiger partial charge is 0.308 e. The van der Waals surface area contributed by atoms with Gasteiger partial charge in [0.05, 0.1) is 20.8 Å². The molecular weight excluding hydrogens is 687 g/mol. The van der Waals surface area contributed by atoms with Crippen LogP contribution >= 0.6 is 34.0 Å². The number of rotatable bonds is 5. The Kier molecular flexibility index (Phi) is 6.84. The maximum Gasteiger partial charge on any atom is 0.0640 e. The van der Waals surface area contributed by atoms with Crippen molar-refractivity contribution in [3.8, 4) is 22.3 Å². The highest BCUT2D eigenvalue weighted by Crippen LogP contribution is 2.51. The first-order valence-corrected chi connectivity index (χ1v) is 20.0. The molecule has 11 aromatic rings. The van der Waals surface area contributed by atoms with Gasteiger partial charge in [-0.15, -0.1) is 34.0 Å². The molecule has 0 aliphatic heterocycles. The van der Waals surface area contributed by atoms with E-state index in [0.29, 0.717) is 0 Å². The monoisotopic (exact) mass is 715 g/mol. The smallest absolute Gasteiger partial charge is 0.0640 e. The normalized spacial score (nSPS) is 11.8. The van der Waals surface area contributed by atoms with Gasteiger partial charge in [-0.3, -0.25) is 0 Å². The zero-order chi connectivity index (χ0) is 34.2. The molecule has 1 nitrogen and oxygen atoms in total. The van der Waals surface area contributed by atoms with Crippen molar-refractivity contribution in [2.75, 3.05) is 4.90 Å². The van der Waals surface area contributed by atoms with E-state index in [0.717, 1.165) is 5.69 Å². The van der Waals surface area contributed by atoms with Gasteiger partial charge in [0.2, 0.25) is 0 Å². The summed E-state index contributed by atoms with van der Waals surface area (Å²) in [6.07, 6.45) is 0. The van der Waals surface area contributed by atoms with Crippen LogP contribution in [0.15, 0.2) is 176 Å². The average Bonchev–Trinajstić information content (AvgIpc) is 3.91. The number of hydrogen-bond donors (Lipinski definition) is 0. The van der Waals surface area contributed by atoms with Crippen molar-refractivity contribution in [2.24, 2.45) is 0 Å². The van der Waals surface area contributed by atoms with Gasteiger partial charge in [-0.05, 0) is 58.7 Å². The molecule has 0 amide bonds. The van der Waals surface area contributed by atoms with Gasteiger partial charge in [0.1, 0.15) is 0 Å². The molecule has 8 aromatic carbocycles. The van der Waals surface area contributed by atoms with Crippen molar-refractivity contribution >= 4 is 112 Å². The summed E-state index contributed by atoms with van der Waals surface area (Å²) >= 11 is 5.73. The summed E-state index contributed by atoms with van der Waals surface area (Å²) in [4.78, 5) is 2.51. The fraction of sp³-hybridized carbons (Fsp3) is 0. The average molecular weight is 716 g/mol. The molecule has 3 aromatic heterocycles. The SMILES string of the molecule is c1ccc(-c2ccc(N(c3cccc4c3sc3c(-c5ccccc5)cccc34)c3cccc4c3sc3c4ccc4sc5ccccc5c43)cc2)cc1. The molecule has 0 atom stereocenters. The van der Waals surface area contributed by atoms with Crippen LogP contribution in [0.5, 0.6) is 0 Å². The second-order valence-electron chi connectivity index (χ2n) is 13.2. The third kappa shape index (κ3) is 4.59. The maximum absolute atomic E-state index is 2.51. The van der Waals surface area contributed by atoms with Crippen molar-refractivity contribution in [3.63, 3.8) is 0 Å². The van der Waals surface area contributed by atoms with Gasteiger partial charge < -0.3 is 4.90 Å². The molecule has 0 unspecified atom stereocenters. The Labute approximate surface area is 312 Å². The van der Waals surface area contributed by atoms with E-state index < -0.39 is 0 Å². The number of anilines is 3. The van der Waals surface area contributed by atoms with E-state index in [1.54, 1.807) is 0 Å². The number of nitrogens with zero attached hydrogens (tertiary/aromatic N) is 1. The summed E-state index contributed by atoms with van der Waals surface area (Å²) in [5.74, 6) is 0. The van der Waals surface area contributed by atoms with Crippen molar-refractivity contribution in [1.29, 1.82) is 0 Å². The van der Waals surface area contributed by atoms with Crippen LogP contribution in [-0.4, -0.2) is 0 Å². The Morgan fingerprint density at radius 3 is 1.56 bits per heavy atom. The van der Waals surface area contributed by atoms with Crippen molar-refractivity contribution in [2.45, 2.75) is 0 Å². The van der Waals surface area contributed by atoms with Gasteiger partial charge in [-0.2, -0.15) is 0 Å². The van der Waals surface area contributed by atoms with Crippen LogP contribution in [0.1, 0.15) is 0 Å². The molecule has 0 N–H and O–H groups in total.